The summed E-state index contributed by atoms with van der Waals surface area (Å²) >= 11 is 3.12. The van der Waals surface area contributed by atoms with E-state index in [1.807, 2.05) is 0 Å². The van der Waals surface area contributed by atoms with Crippen molar-refractivity contribution < 1.29 is 26.7 Å². The van der Waals surface area contributed by atoms with Crippen LogP contribution in [0.1, 0.15) is 39.2 Å². The zero-order valence-electron chi connectivity index (χ0n) is 16.7. The molecule has 0 unspecified atom stereocenters. The van der Waals surface area contributed by atoms with Crippen LogP contribution in [0.2, 0.25) is 0 Å². The number of nitrogens with zero attached hydrogens (tertiary/aromatic N) is 1. The zero-order chi connectivity index (χ0) is 21.8. The largest absolute Gasteiger partial charge is 0.444 e. The molecule has 1 amide bonds. The first kappa shape index (κ1) is 22.4. The molecule has 2 aliphatic heterocycles. The molecule has 0 spiro atoms. The number of sulfonamides is 1. The number of alkyl halides is 1. The van der Waals surface area contributed by atoms with E-state index < -0.39 is 51.3 Å². The highest BCUT2D eigenvalue weighted by Gasteiger charge is 2.64. The average molecular weight is 495 g/mol. The third kappa shape index (κ3) is 4.74. The smallest absolute Gasteiger partial charge is 0.410 e. The number of fused-ring (bicyclic) bond motifs is 2. The van der Waals surface area contributed by atoms with Crippen molar-refractivity contribution in [3.63, 3.8) is 0 Å². The van der Waals surface area contributed by atoms with E-state index >= 15 is 4.39 Å². The van der Waals surface area contributed by atoms with Gasteiger partial charge in [0.05, 0.1) is 22.8 Å². The van der Waals surface area contributed by atoms with Crippen LogP contribution in [0, 0.1) is 5.82 Å². The van der Waals surface area contributed by atoms with Crippen molar-refractivity contribution in [2.24, 2.45) is 0 Å². The topological polar surface area (TPSA) is 75.7 Å². The highest BCUT2D eigenvalue weighted by Crippen LogP contribution is 2.50. The van der Waals surface area contributed by atoms with Crippen LogP contribution in [0.25, 0.3) is 0 Å². The maximum absolute atomic E-state index is 15.4. The molecule has 0 radical (unpaired) electrons. The molecule has 29 heavy (non-hydrogen) atoms. The van der Waals surface area contributed by atoms with E-state index in [9.17, 15) is 17.6 Å². The fourth-order valence-corrected chi connectivity index (χ4v) is 5.35. The minimum absolute atomic E-state index is 0.0108. The van der Waals surface area contributed by atoms with Crippen LogP contribution < -0.4 is 4.72 Å². The molecular weight excluding hydrogens is 470 g/mol. The quantitative estimate of drug-likeness (QED) is 0.694. The maximum Gasteiger partial charge on any atom is 0.410 e. The van der Waals surface area contributed by atoms with Gasteiger partial charge in [-0.1, -0.05) is 12.1 Å². The molecule has 1 N–H and O–H groups in total. The van der Waals surface area contributed by atoms with E-state index in [-0.39, 0.29) is 29.3 Å². The summed E-state index contributed by atoms with van der Waals surface area (Å²) in [7, 11) is -3.77. The van der Waals surface area contributed by atoms with Gasteiger partial charge >= 0.3 is 6.09 Å². The van der Waals surface area contributed by atoms with Gasteiger partial charge in [-0.05, 0) is 54.8 Å². The molecule has 0 aromatic heterocycles. The normalized spacial score (nSPS) is 29.3. The summed E-state index contributed by atoms with van der Waals surface area (Å²) in [6, 6.07) is 2.15. The predicted octanol–water partition coefficient (Wildman–Crippen LogP) is 3.54. The number of halogens is 3. The summed E-state index contributed by atoms with van der Waals surface area (Å²) in [4.78, 5) is 14.3. The lowest BCUT2D eigenvalue weighted by Gasteiger charge is -2.60. The lowest BCUT2D eigenvalue weighted by atomic mass is 9.64. The summed E-state index contributed by atoms with van der Waals surface area (Å²) in [5, 5.41) is 0. The van der Waals surface area contributed by atoms with Gasteiger partial charge in [-0.15, -0.1) is 0 Å². The Bertz CT molecular complexity index is 913. The number of hydrogen-bond acceptors (Lipinski definition) is 4. The van der Waals surface area contributed by atoms with Crippen molar-refractivity contribution in [1.82, 2.24) is 9.62 Å². The molecule has 3 aliphatic rings. The van der Waals surface area contributed by atoms with Crippen molar-refractivity contribution in [3.05, 3.63) is 34.1 Å². The molecule has 10 heteroatoms. The fraction of sp³-hybridized carbons (Fsp3) is 0.632. The Hall–Kier alpha value is -1.26. The molecule has 6 nitrogen and oxygen atoms in total. The van der Waals surface area contributed by atoms with Gasteiger partial charge < -0.3 is 4.74 Å². The van der Waals surface area contributed by atoms with Gasteiger partial charge in [-0.2, -0.15) is 0 Å². The van der Waals surface area contributed by atoms with Crippen LogP contribution in [0.5, 0.6) is 0 Å². The van der Waals surface area contributed by atoms with E-state index in [1.54, 1.807) is 26.8 Å². The van der Waals surface area contributed by atoms with Gasteiger partial charge in [0.15, 0.2) is 0 Å². The molecule has 2 atom stereocenters. The average Bonchev–Trinajstić information content (AvgIpc) is 2.50. The zero-order valence-corrected chi connectivity index (χ0v) is 19.1. The Morgan fingerprint density at radius 1 is 1.38 bits per heavy atom. The molecular formula is C19H25BrF2N2O4S. The molecule has 162 valence electrons. The fourth-order valence-electron chi connectivity index (χ4n) is 4.11. The summed E-state index contributed by atoms with van der Waals surface area (Å²) in [5.74, 6) is -0.526. The minimum Gasteiger partial charge on any atom is -0.444 e. The number of ether oxygens (including phenoxy) is 1. The monoisotopic (exact) mass is 494 g/mol. The van der Waals surface area contributed by atoms with Crippen LogP contribution >= 0.6 is 15.9 Å². The molecule has 1 saturated carbocycles. The molecule has 2 heterocycles. The van der Waals surface area contributed by atoms with Gasteiger partial charge in [-0.3, -0.25) is 4.90 Å². The van der Waals surface area contributed by atoms with E-state index in [2.05, 4.69) is 20.7 Å². The molecule has 1 aromatic rings. The lowest BCUT2D eigenvalue weighted by molar-refractivity contribution is -0.131. The van der Waals surface area contributed by atoms with Crippen molar-refractivity contribution in [2.45, 2.75) is 69.4 Å². The van der Waals surface area contributed by atoms with Crippen LogP contribution in [0.3, 0.4) is 0 Å². The van der Waals surface area contributed by atoms with Crippen LogP contribution in [-0.4, -0.2) is 55.1 Å². The number of piperidine rings is 2. The molecule has 3 fully saturated rings. The molecule has 1 aromatic carbocycles. The first-order valence-corrected chi connectivity index (χ1v) is 12.0. The van der Waals surface area contributed by atoms with Crippen molar-refractivity contribution in [3.8, 4) is 0 Å². The van der Waals surface area contributed by atoms with Crippen LogP contribution in [-0.2, 0) is 21.2 Å². The predicted molar refractivity (Wildman–Crippen MR) is 108 cm³/mol. The van der Waals surface area contributed by atoms with E-state index in [0.717, 1.165) is 6.26 Å². The number of nitrogens with one attached hydrogen (secondary N) is 1. The SMILES string of the molecule is CC(C)(C)OC(=O)N1C2CC(F)(C2)[C@H](NS(C)(=O)=O)[C@@H]1Cc1cccc(Br)c1F. The highest BCUT2D eigenvalue weighted by molar-refractivity contribution is 9.10. The second kappa shape index (κ2) is 7.46. The Morgan fingerprint density at radius 3 is 2.55 bits per heavy atom. The van der Waals surface area contributed by atoms with E-state index in [0.29, 0.717) is 0 Å². The number of benzene rings is 1. The number of hydrogen-bond donors (Lipinski definition) is 1. The number of amides is 1. The molecule has 2 saturated heterocycles. The number of carbonyl (C=O) groups excluding carboxylic acids is 1. The summed E-state index contributed by atoms with van der Waals surface area (Å²) in [6.07, 6.45) is 0.244. The molecule has 4 rings (SSSR count). The standard InChI is InChI=1S/C19H25BrF2N2O4S/c1-18(2,3)28-17(25)24-12-9-19(22,10-12)16(23-29(4,26)27)14(24)8-11-6-5-7-13(20)15(11)21/h5-7,12,14,16,23H,8-10H2,1-4H3/t12?,14-,16+,19?/m0/s1. The van der Waals surface area contributed by atoms with Gasteiger partial charge in [0.25, 0.3) is 0 Å². The third-order valence-electron chi connectivity index (χ3n) is 5.25. The second-order valence-electron chi connectivity index (χ2n) is 8.84. The Labute approximate surface area is 178 Å². The summed E-state index contributed by atoms with van der Waals surface area (Å²) in [5.41, 5.74) is -2.32. The highest BCUT2D eigenvalue weighted by atomic mass is 79.9. The second-order valence-corrected chi connectivity index (χ2v) is 11.5. The van der Waals surface area contributed by atoms with E-state index in [4.69, 9.17) is 4.74 Å². The van der Waals surface area contributed by atoms with Crippen molar-refractivity contribution >= 4 is 32.0 Å². The number of rotatable bonds is 4. The molecule has 1 aliphatic carbocycles. The minimum atomic E-state index is -3.77. The van der Waals surface area contributed by atoms with Crippen molar-refractivity contribution in [2.75, 3.05) is 6.26 Å². The third-order valence-corrected chi connectivity index (χ3v) is 6.54. The maximum atomic E-state index is 15.4. The van der Waals surface area contributed by atoms with Crippen molar-refractivity contribution in [1.29, 1.82) is 0 Å². The number of carbonyl (C=O) groups is 1. The van der Waals surface area contributed by atoms with E-state index in [1.165, 1.54) is 17.0 Å². The van der Waals surface area contributed by atoms with Gasteiger partial charge in [0.2, 0.25) is 10.0 Å². The molecule has 2 bridgehead atoms. The van der Waals surface area contributed by atoms with Gasteiger partial charge in [0.1, 0.15) is 17.1 Å². The lowest BCUT2D eigenvalue weighted by Crippen LogP contribution is -2.77. The van der Waals surface area contributed by atoms with Crippen LogP contribution in [0.4, 0.5) is 13.6 Å². The first-order chi connectivity index (χ1) is 13.2. The van der Waals surface area contributed by atoms with Gasteiger partial charge in [-0.25, -0.2) is 26.7 Å². The first-order valence-electron chi connectivity index (χ1n) is 9.31. The Balaban J connectivity index is 2.01. The van der Waals surface area contributed by atoms with Gasteiger partial charge in [0, 0.05) is 18.9 Å². The van der Waals surface area contributed by atoms with Crippen LogP contribution in [0.15, 0.2) is 22.7 Å². The summed E-state index contributed by atoms with van der Waals surface area (Å²) in [6.45, 7) is 5.14. The summed E-state index contributed by atoms with van der Waals surface area (Å²) < 4.78 is 62.0. The Kier molecular flexibility index (Phi) is 5.77. The Morgan fingerprint density at radius 2 is 2.00 bits per heavy atom.